The van der Waals surface area contributed by atoms with Gasteiger partial charge in [-0.25, -0.2) is 14.8 Å². The van der Waals surface area contributed by atoms with Gasteiger partial charge in [0.25, 0.3) is 0 Å². The number of alkyl halides is 3. The van der Waals surface area contributed by atoms with Crippen molar-refractivity contribution in [3.8, 4) is 10.4 Å². The van der Waals surface area contributed by atoms with Gasteiger partial charge in [-0.2, -0.15) is 13.2 Å². The number of aryl methyl sites for hydroxylation is 1. The van der Waals surface area contributed by atoms with Crippen LogP contribution in [0.25, 0.3) is 10.4 Å². The van der Waals surface area contributed by atoms with Crippen LogP contribution in [0.1, 0.15) is 41.9 Å². The molecule has 11 heteroatoms. The SMILES string of the molecule is CC(C)CCc1nc(Nc2ncc(C(F)(F)F)cc2C(=O)O)sc1-c1ccc(Cl)c(Cl)c1. The molecule has 5 nitrogen and oxygen atoms in total. The first-order valence-electron chi connectivity index (χ1n) is 9.48. The minimum atomic E-state index is -4.71. The summed E-state index contributed by atoms with van der Waals surface area (Å²) in [4.78, 5) is 20.6. The molecule has 0 atom stereocenters. The third-order valence-corrected chi connectivity index (χ3v) is 6.31. The van der Waals surface area contributed by atoms with E-state index in [0.717, 1.165) is 22.6 Å². The quantitative estimate of drug-likeness (QED) is 0.347. The molecule has 2 N–H and O–H groups in total. The van der Waals surface area contributed by atoms with Crippen LogP contribution in [0.15, 0.2) is 30.5 Å². The summed E-state index contributed by atoms with van der Waals surface area (Å²) >= 11 is 13.4. The maximum absolute atomic E-state index is 13.0. The molecule has 0 saturated carbocycles. The second kappa shape index (κ2) is 9.64. The number of hydrogen-bond donors (Lipinski definition) is 2. The van der Waals surface area contributed by atoms with E-state index in [0.29, 0.717) is 39.8 Å². The Labute approximate surface area is 196 Å². The van der Waals surface area contributed by atoms with Gasteiger partial charge in [0, 0.05) is 6.20 Å². The average molecular weight is 504 g/mol. The van der Waals surface area contributed by atoms with E-state index in [1.807, 2.05) is 0 Å². The Morgan fingerprint density at radius 1 is 1.22 bits per heavy atom. The van der Waals surface area contributed by atoms with Crippen LogP contribution in [0.2, 0.25) is 10.0 Å². The summed E-state index contributed by atoms with van der Waals surface area (Å²) in [6.07, 6.45) is -2.61. The molecule has 3 rings (SSSR count). The number of carbonyl (C=O) groups is 1. The average Bonchev–Trinajstić information content (AvgIpc) is 3.10. The monoisotopic (exact) mass is 503 g/mol. The standard InChI is InChI=1S/C21H18Cl2F3N3O2S/c1-10(2)3-6-16-17(11-4-5-14(22)15(23)7-11)32-20(28-16)29-18-13(19(30)31)8-12(9-27-18)21(24,25)26/h4-5,7-10H,3,6H2,1-2H3,(H,30,31)(H,27,28,29). The summed E-state index contributed by atoms with van der Waals surface area (Å²) in [6, 6.07) is 5.71. The fourth-order valence-electron chi connectivity index (χ4n) is 2.85. The molecule has 3 aromatic rings. The molecule has 0 aliphatic rings. The van der Waals surface area contributed by atoms with Crippen molar-refractivity contribution in [2.45, 2.75) is 32.9 Å². The smallest absolute Gasteiger partial charge is 0.417 e. The van der Waals surface area contributed by atoms with Gasteiger partial charge in [-0.05, 0) is 42.5 Å². The Morgan fingerprint density at radius 3 is 2.53 bits per heavy atom. The first-order valence-corrected chi connectivity index (χ1v) is 11.1. The maximum atomic E-state index is 13.0. The van der Waals surface area contributed by atoms with Gasteiger partial charge in [-0.15, -0.1) is 0 Å². The Bertz CT molecular complexity index is 1150. The fourth-order valence-corrected chi connectivity index (χ4v) is 4.15. The van der Waals surface area contributed by atoms with Gasteiger partial charge in [0.05, 0.1) is 26.2 Å². The van der Waals surface area contributed by atoms with Crippen LogP contribution in [0, 0.1) is 5.92 Å². The molecule has 0 fully saturated rings. The van der Waals surface area contributed by atoms with Crippen molar-refractivity contribution in [3.05, 3.63) is 57.3 Å². The molecule has 0 bridgehead atoms. The predicted octanol–water partition coefficient (Wildman–Crippen LogP) is 7.56. The van der Waals surface area contributed by atoms with E-state index in [1.54, 1.807) is 18.2 Å². The number of nitrogens with one attached hydrogen (secondary N) is 1. The number of aromatic nitrogens is 2. The molecule has 32 heavy (non-hydrogen) atoms. The molecular weight excluding hydrogens is 486 g/mol. The number of hydrogen-bond acceptors (Lipinski definition) is 5. The number of benzene rings is 1. The van der Waals surface area contributed by atoms with Crippen LogP contribution in [0.3, 0.4) is 0 Å². The van der Waals surface area contributed by atoms with Crippen molar-refractivity contribution in [2.24, 2.45) is 5.92 Å². The summed E-state index contributed by atoms with van der Waals surface area (Å²) in [5.41, 5.74) is -0.209. The Balaban J connectivity index is 2.01. The van der Waals surface area contributed by atoms with E-state index >= 15 is 0 Å². The number of carboxylic acid groups (broad SMARTS) is 1. The predicted molar refractivity (Wildman–Crippen MR) is 120 cm³/mol. The lowest BCUT2D eigenvalue weighted by Crippen LogP contribution is -2.11. The largest absolute Gasteiger partial charge is 0.478 e. The van der Waals surface area contributed by atoms with Gasteiger partial charge in [0.2, 0.25) is 0 Å². The fraction of sp³-hybridized carbons (Fsp3) is 0.286. The van der Waals surface area contributed by atoms with Gasteiger partial charge in [-0.3, -0.25) is 0 Å². The normalized spacial score (nSPS) is 11.8. The minimum absolute atomic E-state index is 0.227. The Kier molecular flexibility index (Phi) is 7.32. The molecule has 0 spiro atoms. The highest BCUT2D eigenvalue weighted by molar-refractivity contribution is 7.19. The zero-order valence-corrected chi connectivity index (χ0v) is 19.3. The number of rotatable bonds is 7. The van der Waals surface area contributed by atoms with Gasteiger partial charge >= 0.3 is 12.1 Å². The van der Waals surface area contributed by atoms with E-state index in [9.17, 15) is 23.1 Å². The van der Waals surface area contributed by atoms with E-state index in [1.165, 1.54) is 11.3 Å². The number of thiazole rings is 1. The first-order chi connectivity index (χ1) is 15.0. The molecule has 1 aromatic carbocycles. The highest BCUT2D eigenvalue weighted by atomic mass is 35.5. The second-order valence-corrected chi connectivity index (χ2v) is 9.22. The summed E-state index contributed by atoms with van der Waals surface area (Å²) < 4.78 is 38.9. The molecule has 0 radical (unpaired) electrons. The molecule has 2 aromatic heterocycles. The maximum Gasteiger partial charge on any atom is 0.417 e. The molecule has 0 aliphatic heterocycles. The Morgan fingerprint density at radius 2 is 1.94 bits per heavy atom. The zero-order chi connectivity index (χ0) is 23.6. The van der Waals surface area contributed by atoms with Gasteiger partial charge in [0.1, 0.15) is 11.4 Å². The number of halogens is 5. The van der Waals surface area contributed by atoms with Crippen molar-refractivity contribution in [1.29, 1.82) is 0 Å². The highest BCUT2D eigenvalue weighted by Gasteiger charge is 2.32. The van der Waals surface area contributed by atoms with E-state index < -0.39 is 23.3 Å². The van der Waals surface area contributed by atoms with Crippen LogP contribution in [-0.4, -0.2) is 21.0 Å². The number of nitrogens with zero attached hydrogens (tertiary/aromatic N) is 2. The molecule has 0 amide bonds. The lowest BCUT2D eigenvalue weighted by atomic mass is 10.0. The van der Waals surface area contributed by atoms with Crippen LogP contribution in [0.4, 0.5) is 24.1 Å². The van der Waals surface area contributed by atoms with Crippen molar-refractivity contribution in [3.63, 3.8) is 0 Å². The minimum Gasteiger partial charge on any atom is -0.478 e. The summed E-state index contributed by atoms with van der Waals surface area (Å²) in [5.74, 6) is -1.34. The van der Waals surface area contributed by atoms with Crippen molar-refractivity contribution < 1.29 is 23.1 Å². The Hall–Kier alpha value is -2.36. The molecular formula is C21H18Cl2F3N3O2S. The van der Waals surface area contributed by atoms with Gasteiger partial charge in [-0.1, -0.05) is 54.5 Å². The highest BCUT2D eigenvalue weighted by Crippen LogP contribution is 2.38. The third-order valence-electron chi connectivity index (χ3n) is 4.51. The van der Waals surface area contributed by atoms with Crippen LogP contribution in [-0.2, 0) is 12.6 Å². The van der Waals surface area contributed by atoms with Gasteiger partial charge < -0.3 is 10.4 Å². The third kappa shape index (κ3) is 5.70. The zero-order valence-electron chi connectivity index (χ0n) is 16.9. The first kappa shape index (κ1) is 24.3. The summed E-state index contributed by atoms with van der Waals surface area (Å²) in [7, 11) is 0. The van der Waals surface area contributed by atoms with E-state index in [2.05, 4.69) is 29.1 Å². The second-order valence-electron chi connectivity index (χ2n) is 7.40. The molecule has 0 saturated heterocycles. The van der Waals surface area contributed by atoms with Gasteiger partial charge in [0.15, 0.2) is 5.13 Å². The molecule has 0 unspecified atom stereocenters. The van der Waals surface area contributed by atoms with Crippen LogP contribution < -0.4 is 5.32 Å². The van der Waals surface area contributed by atoms with Crippen LogP contribution >= 0.6 is 34.5 Å². The lowest BCUT2D eigenvalue weighted by Gasteiger charge is -2.10. The summed E-state index contributed by atoms with van der Waals surface area (Å²) in [6.45, 7) is 4.16. The van der Waals surface area contributed by atoms with Crippen molar-refractivity contribution in [2.75, 3.05) is 5.32 Å². The van der Waals surface area contributed by atoms with E-state index in [4.69, 9.17) is 23.2 Å². The molecule has 170 valence electrons. The number of pyridine rings is 1. The molecule has 2 heterocycles. The summed E-state index contributed by atoms with van der Waals surface area (Å²) in [5, 5.41) is 13.2. The topological polar surface area (TPSA) is 75.1 Å². The lowest BCUT2D eigenvalue weighted by molar-refractivity contribution is -0.137. The van der Waals surface area contributed by atoms with Crippen LogP contribution in [0.5, 0.6) is 0 Å². The molecule has 0 aliphatic carbocycles. The number of anilines is 2. The van der Waals surface area contributed by atoms with E-state index in [-0.39, 0.29) is 5.82 Å². The van der Waals surface area contributed by atoms with Crippen molar-refractivity contribution >= 4 is 51.5 Å². The number of aromatic carboxylic acids is 1. The van der Waals surface area contributed by atoms with Crippen molar-refractivity contribution in [1.82, 2.24) is 9.97 Å². The number of carboxylic acids is 1.